The molecule has 0 saturated carbocycles. The van der Waals surface area contributed by atoms with Crippen molar-refractivity contribution >= 4 is 11.9 Å². The first-order chi connectivity index (χ1) is 12.1. The predicted molar refractivity (Wildman–Crippen MR) is 87.9 cm³/mol. The number of esters is 2. The topological polar surface area (TPSA) is 94.4 Å². The number of ether oxygens (including phenoxy) is 2. The molecule has 0 atom stereocenters. The number of H-pyrrole nitrogens is 1. The molecule has 7 heteroatoms. The van der Waals surface area contributed by atoms with Gasteiger partial charge >= 0.3 is 11.9 Å². The SMILES string of the molecule is COC(=O)c1cc(COC(=O)c2cc(-c3ccccc3)n[nH]2)oc1C. The van der Waals surface area contributed by atoms with Gasteiger partial charge in [-0.15, -0.1) is 0 Å². The third-order valence-electron chi connectivity index (χ3n) is 3.59. The van der Waals surface area contributed by atoms with Crippen molar-refractivity contribution in [1.82, 2.24) is 10.2 Å². The molecule has 1 N–H and O–H groups in total. The van der Waals surface area contributed by atoms with Crippen LogP contribution < -0.4 is 0 Å². The second-order valence-electron chi connectivity index (χ2n) is 5.28. The molecule has 1 aromatic carbocycles. The van der Waals surface area contributed by atoms with E-state index in [0.717, 1.165) is 5.56 Å². The summed E-state index contributed by atoms with van der Waals surface area (Å²) >= 11 is 0. The number of benzene rings is 1. The number of carbonyl (C=O) groups excluding carboxylic acids is 2. The average Bonchev–Trinajstić information content (AvgIpc) is 3.27. The number of aryl methyl sites for hydroxylation is 1. The van der Waals surface area contributed by atoms with E-state index in [4.69, 9.17) is 9.15 Å². The molecule has 0 fully saturated rings. The van der Waals surface area contributed by atoms with E-state index in [2.05, 4.69) is 14.9 Å². The summed E-state index contributed by atoms with van der Waals surface area (Å²) in [7, 11) is 1.29. The van der Waals surface area contributed by atoms with Gasteiger partial charge in [0.25, 0.3) is 0 Å². The van der Waals surface area contributed by atoms with E-state index < -0.39 is 11.9 Å². The molecular weight excluding hydrogens is 324 g/mol. The molecule has 0 bridgehead atoms. The van der Waals surface area contributed by atoms with Crippen LogP contribution in [0.4, 0.5) is 0 Å². The molecule has 25 heavy (non-hydrogen) atoms. The molecule has 3 rings (SSSR count). The quantitative estimate of drug-likeness (QED) is 0.717. The third kappa shape index (κ3) is 3.60. The fourth-order valence-corrected chi connectivity index (χ4v) is 2.32. The lowest BCUT2D eigenvalue weighted by atomic mass is 10.1. The number of hydrogen-bond donors (Lipinski definition) is 1. The number of hydrogen-bond acceptors (Lipinski definition) is 6. The van der Waals surface area contributed by atoms with Crippen LogP contribution in [0.2, 0.25) is 0 Å². The molecule has 0 amide bonds. The van der Waals surface area contributed by atoms with Crippen molar-refractivity contribution in [2.24, 2.45) is 0 Å². The van der Waals surface area contributed by atoms with Crippen molar-refractivity contribution in [1.29, 1.82) is 0 Å². The molecule has 0 spiro atoms. The Morgan fingerprint density at radius 1 is 1.16 bits per heavy atom. The molecule has 0 aliphatic rings. The molecule has 0 saturated heterocycles. The van der Waals surface area contributed by atoms with E-state index in [1.807, 2.05) is 30.3 Å². The maximum atomic E-state index is 12.1. The van der Waals surface area contributed by atoms with Crippen LogP contribution in [-0.2, 0) is 16.1 Å². The molecule has 0 unspecified atom stereocenters. The summed E-state index contributed by atoms with van der Waals surface area (Å²) in [6, 6.07) is 12.6. The van der Waals surface area contributed by atoms with Gasteiger partial charge in [0.1, 0.15) is 29.4 Å². The van der Waals surface area contributed by atoms with Crippen LogP contribution >= 0.6 is 0 Å². The van der Waals surface area contributed by atoms with Gasteiger partial charge in [-0.1, -0.05) is 30.3 Å². The second kappa shape index (κ2) is 7.04. The van der Waals surface area contributed by atoms with E-state index >= 15 is 0 Å². The Hall–Kier alpha value is -3.35. The molecule has 2 aromatic heterocycles. The highest BCUT2D eigenvalue weighted by Gasteiger charge is 2.17. The van der Waals surface area contributed by atoms with Crippen LogP contribution in [0.15, 0.2) is 46.9 Å². The van der Waals surface area contributed by atoms with Gasteiger partial charge in [0.15, 0.2) is 0 Å². The maximum Gasteiger partial charge on any atom is 0.356 e. The average molecular weight is 340 g/mol. The van der Waals surface area contributed by atoms with Gasteiger partial charge in [0, 0.05) is 5.56 Å². The Morgan fingerprint density at radius 3 is 2.64 bits per heavy atom. The van der Waals surface area contributed by atoms with Gasteiger partial charge in [0.05, 0.1) is 12.8 Å². The summed E-state index contributed by atoms with van der Waals surface area (Å²) in [5.41, 5.74) is 2.08. The second-order valence-corrected chi connectivity index (χ2v) is 5.28. The minimum Gasteiger partial charge on any atom is -0.465 e. The van der Waals surface area contributed by atoms with E-state index in [0.29, 0.717) is 22.8 Å². The molecular formula is C18H16N2O5. The third-order valence-corrected chi connectivity index (χ3v) is 3.59. The van der Waals surface area contributed by atoms with E-state index in [1.54, 1.807) is 13.0 Å². The number of rotatable bonds is 5. The highest BCUT2D eigenvalue weighted by Crippen LogP contribution is 2.19. The van der Waals surface area contributed by atoms with Gasteiger partial charge in [-0.05, 0) is 19.1 Å². The summed E-state index contributed by atoms with van der Waals surface area (Å²) < 4.78 is 15.2. The lowest BCUT2D eigenvalue weighted by Gasteiger charge is -1.99. The predicted octanol–water partition coefficient (Wildman–Crippen LogP) is 3.12. The van der Waals surface area contributed by atoms with Gasteiger partial charge < -0.3 is 13.9 Å². The maximum absolute atomic E-state index is 12.1. The fourth-order valence-electron chi connectivity index (χ4n) is 2.32. The lowest BCUT2D eigenvalue weighted by Crippen LogP contribution is -2.05. The number of nitrogens with zero attached hydrogens (tertiary/aromatic N) is 1. The molecule has 128 valence electrons. The fraction of sp³-hybridized carbons (Fsp3) is 0.167. The largest absolute Gasteiger partial charge is 0.465 e. The van der Waals surface area contributed by atoms with Crippen LogP contribution in [-0.4, -0.2) is 29.2 Å². The van der Waals surface area contributed by atoms with E-state index in [9.17, 15) is 9.59 Å². The van der Waals surface area contributed by atoms with Crippen molar-refractivity contribution in [3.05, 3.63) is 65.2 Å². The Morgan fingerprint density at radius 2 is 1.92 bits per heavy atom. The first-order valence-corrected chi connectivity index (χ1v) is 7.54. The zero-order valence-corrected chi connectivity index (χ0v) is 13.7. The van der Waals surface area contributed by atoms with Crippen molar-refractivity contribution in [3.8, 4) is 11.3 Å². The minimum atomic E-state index is -0.566. The standard InChI is InChI=1S/C18H16N2O5/c1-11-14(17(21)23-2)8-13(25-11)10-24-18(22)16-9-15(19-20-16)12-6-4-3-5-7-12/h3-9H,10H2,1-2H3,(H,19,20). The summed E-state index contributed by atoms with van der Waals surface area (Å²) in [4.78, 5) is 23.7. The van der Waals surface area contributed by atoms with Crippen molar-refractivity contribution < 1.29 is 23.5 Å². The minimum absolute atomic E-state index is 0.101. The molecule has 7 nitrogen and oxygen atoms in total. The summed E-state index contributed by atoms with van der Waals surface area (Å²) in [5, 5.41) is 6.76. The monoisotopic (exact) mass is 340 g/mol. The molecule has 0 aliphatic carbocycles. The first-order valence-electron chi connectivity index (χ1n) is 7.54. The van der Waals surface area contributed by atoms with Gasteiger partial charge in [0.2, 0.25) is 0 Å². The summed E-state index contributed by atoms with van der Waals surface area (Å²) in [6.07, 6.45) is 0. The highest BCUT2D eigenvalue weighted by molar-refractivity contribution is 5.90. The summed E-state index contributed by atoms with van der Waals surface area (Å²) in [6.45, 7) is 1.54. The van der Waals surface area contributed by atoms with E-state index in [1.165, 1.54) is 13.2 Å². The Bertz CT molecular complexity index is 895. The molecule has 0 aliphatic heterocycles. The van der Waals surface area contributed by atoms with Crippen LogP contribution in [0.5, 0.6) is 0 Å². The van der Waals surface area contributed by atoms with Gasteiger partial charge in [-0.3, -0.25) is 5.10 Å². The van der Waals surface area contributed by atoms with Crippen molar-refractivity contribution in [3.63, 3.8) is 0 Å². The highest BCUT2D eigenvalue weighted by atomic mass is 16.5. The molecule has 2 heterocycles. The van der Waals surface area contributed by atoms with E-state index in [-0.39, 0.29) is 12.3 Å². The van der Waals surface area contributed by atoms with Crippen LogP contribution in [0, 0.1) is 6.92 Å². The summed E-state index contributed by atoms with van der Waals surface area (Å²) in [5.74, 6) is -0.303. The number of furan rings is 1. The number of carbonyl (C=O) groups is 2. The normalized spacial score (nSPS) is 10.5. The smallest absolute Gasteiger partial charge is 0.356 e. The Kier molecular flexibility index (Phi) is 4.65. The van der Waals surface area contributed by atoms with Crippen molar-refractivity contribution in [2.75, 3.05) is 7.11 Å². The number of methoxy groups -OCH3 is 1. The number of aromatic nitrogens is 2. The molecule has 0 radical (unpaired) electrons. The van der Waals surface area contributed by atoms with Crippen LogP contribution in [0.25, 0.3) is 11.3 Å². The van der Waals surface area contributed by atoms with Crippen LogP contribution in [0.3, 0.4) is 0 Å². The molecule has 3 aromatic rings. The zero-order chi connectivity index (χ0) is 17.8. The van der Waals surface area contributed by atoms with Gasteiger partial charge in [-0.25, -0.2) is 9.59 Å². The van der Waals surface area contributed by atoms with Crippen molar-refractivity contribution in [2.45, 2.75) is 13.5 Å². The Balaban J connectivity index is 1.66. The lowest BCUT2D eigenvalue weighted by molar-refractivity contribution is 0.0437. The number of aromatic amines is 1. The van der Waals surface area contributed by atoms with Crippen LogP contribution in [0.1, 0.15) is 32.4 Å². The first kappa shape index (κ1) is 16.5. The Labute approximate surface area is 143 Å². The zero-order valence-electron chi connectivity index (χ0n) is 13.7. The van der Waals surface area contributed by atoms with Gasteiger partial charge in [-0.2, -0.15) is 5.10 Å². The number of nitrogens with one attached hydrogen (secondary N) is 1.